The smallest absolute Gasteiger partial charge is 0.310 e. The van der Waals surface area contributed by atoms with Crippen LogP contribution in [0, 0.1) is 6.92 Å². The molecule has 1 atom stereocenters. The van der Waals surface area contributed by atoms with Gasteiger partial charge in [-0.1, -0.05) is 26.4 Å². The molecule has 1 rings (SSSR count). The third kappa shape index (κ3) is 3.74. The molecule has 1 aromatic carbocycles. The molecule has 0 saturated carbocycles. The Morgan fingerprint density at radius 2 is 1.78 bits per heavy atom. The third-order valence-electron chi connectivity index (χ3n) is 2.35. The van der Waals surface area contributed by atoms with E-state index in [9.17, 15) is 24.5 Å². The standard InChI is InChI=1S/C10H14F5NOS/c1-3-10(17)16-9-5-4-8(6-7(9)2)18(11,12,13,14)15/h4-6,10,16-17H,3H2,1-2H3. The van der Waals surface area contributed by atoms with Gasteiger partial charge in [0.2, 0.25) is 0 Å². The zero-order valence-corrected chi connectivity index (χ0v) is 10.6. The predicted molar refractivity (Wildman–Crippen MR) is 62.5 cm³/mol. The van der Waals surface area contributed by atoms with Gasteiger partial charge in [-0.3, -0.25) is 0 Å². The number of aliphatic hydroxyl groups excluding tert-OH is 1. The van der Waals surface area contributed by atoms with Gasteiger partial charge in [0, 0.05) is 5.69 Å². The summed E-state index contributed by atoms with van der Waals surface area (Å²) in [4.78, 5) is -1.93. The highest BCUT2D eigenvalue weighted by Crippen LogP contribution is 3.02. The minimum absolute atomic E-state index is 0.00625. The Morgan fingerprint density at radius 3 is 2.17 bits per heavy atom. The second-order valence-electron chi connectivity index (χ2n) is 4.01. The van der Waals surface area contributed by atoms with Crippen molar-refractivity contribution >= 4 is 15.9 Å². The van der Waals surface area contributed by atoms with Crippen LogP contribution in [0.3, 0.4) is 0 Å². The van der Waals surface area contributed by atoms with Gasteiger partial charge in [0.1, 0.15) is 11.1 Å². The highest BCUT2D eigenvalue weighted by molar-refractivity contribution is 8.45. The third-order valence-corrected chi connectivity index (χ3v) is 3.50. The first-order valence-corrected chi connectivity index (χ1v) is 7.08. The van der Waals surface area contributed by atoms with Crippen molar-refractivity contribution < 1.29 is 24.5 Å². The molecule has 0 saturated heterocycles. The second kappa shape index (κ2) is 3.74. The van der Waals surface area contributed by atoms with E-state index in [4.69, 9.17) is 0 Å². The molecule has 0 fully saturated rings. The molecule has 8 heteroatoms. The molecule has 18 heavy (non-hydrogen) atoms. The lowest BCUT2D eigenvalue weighted by atomic mass is 10.2. The molecule has 0 aliphatic heterocycles. The number of anilines is 1. The summed E-state index contributed by atoms with van der Waals surface area (Å²) in [5, 5.41) is 11.8. The summed E-state index contributed by atoms with van der Waals surface area (Å²) in [6, 6.07) is 1.59. The molecule has 2 nitrogen and oxygen atoms in total. The molecule has 2 N–H and O–H groups in total. The lowest BCUT2D eigenvalue weighted by Gasteiger charge is -2.40. The zero-order valence-electron chi connectivity index (χ0n) is 9.76. The summed E-state index contributed by atoms with van der Waals surface area (Å²) < 4.78 is 62.6. The van der Waals surface area contributed by atoms with Gasteiger partial charge in [0.05, 0.1) is 0 Å². The van der Waals surface area contributed by atoms with Crippen LogP contribution >= 0.6 is 10.2 Å². The molecule has 1 unspecified atom stereocenters. The maximum atomic E-state index is 12.5. The van der Waals surface area contributed by atoms with Gasteiger partial charge in [-0.2, -0.15) is 0 Å². The molecule has 0 aliphatic carbocycles. The first-order chi connectivity index (χ1) is 7.83. The number of hydrogen-bond donors (Lipinski definition) is 2. The van der Waals surface area contributed by atoms with Crippen molar-refractivity contribution in [2.75, 3.05) is 5.32 Å². The van der Waals surface area contributed by atoms with Crippen LogP contribution in [0.2, 0.25) is 0 Å². The lowest BCUT2D eigenvalue weighted by molar-refractivity contribution is 0.199. The quantitative estimate of drug-likeness (QED) is 0.617. The number of halogens is 5. The van der Waals surface area contributed by atoms with Crippen molar-refractivity contribution in [3.8, 4) is 0 Å². The Bertz CT molecular complexity index is 458. The first-order valence-electron chi connectivity index (χ1n) is 5.13. The summed E-state index contributed by atoms with van der Waals surface area (Å²) in [6.07, 6.45) is -0.600. The van der Waals surface area contributed by atoms with Crippen LogP contribution in [0.5, 0.6) is 0 Å². The molecule has 0 heterocycles. The fraction of sp³-hybridized carbons (Fsp3) is 0.400. The fourth-order valence-corrected chi connectivity index (χ4v) is 2.04. The molecule has 0 spiro atoms. The molecule has 0 radical (unpaired) electrons. The Hall–Kier alpha value is -1.02. The van der Waals surface area contributed by atoms with Crippen LogP contribution in [0.1, 0.15) is 18.9 Å². The van der Waals surface area contributed by atoms with E-state index in [-0.39, 0.29) is 11.3 Å². The molecule has 0 amide bonds. The SMILES string of the molecule is CCC(O)Nc1ccc(S(F)(F)(F)(F)F)cc1C. The Morgan fingerprint density at radius 1 is 1.22 bits per heavy atom. The number of aryl methyl sites for hydroxylation is 1. The largest absolute Gasteiger partial charge is 0.374 e. The molecule has 0 bridgehead atoms. The van der Waals surface area contributed by atoms with E-state index < -0.39 is 21.3 Å². The van der Waals surface area contributed by atoms with Crippen molar-refractivity contribution in [2.45, 2.75) is 31.4 Å². The molecule has 1 aromatic rings. The normalized spacial score (nSPS) is 17.8. The number of benzene rings is 1. The fourth-order valence-electron chi connectivity index (χ4n) is 1.32. The second-order valence-corrected chi connectivity index (χ2v) is 6.42. The van der Waals surface area contributed by atoms with Gasteiger partial charge in [-0.05, 0) is 37.1 Å². The number of aliphatic hydroxyl groups is 1. The highest BCUT2D eigenvalue weighted by Gasteiger charge is 2.65. The van der Waals surface area contributed by atoms with E-state index in [2.05, 4.69) is 5.32 Å². The van der Waals surface area contributed by atoms with Gasteiger partial charge in [-0.25, -0.2) is 0 Å². The van der Waals surface area contributed by atoms with Crippen molar-refractivity contribution in [2.24, 2.45) is 0 Å². The number of rotatable bonds is 4. The Balaban J connectivity index is 3.16. The molecule has 106 valence electrons. The molecular weight excluding hydrogens is 277 g/mol. The van der Waals surface area contributed by atoms with Gasteiger partial charge in [-0.15, -0.1) is 0 Å². The van der Waals surface area contributed by atoms with Crippen molar-refractivity contribution in [1.29, 1.82) is 0 Å². The van der Waals surface area contributed by atoms with Crippen molar-refractivity contribution in [3.63, 3.8) is 0 Å². The van der Waals surface area contributed by atoms with Crippen LogP contribution < -0.4 is 5.32 Å². The van der Waals surface area contributed by atoms with E-state index in [1.165, 1.54) is 6.92 Å². The Labute approximate surface area is 102 Å². The minimum Gasteiger partial charge on any atom is -0.374 e. The van der Waals surface area contributed by atoms with Crippen LogP contribution in [-0.2, 0) is 0 Å². The first kappa shape index (κ1) is 15.0. The summed E-state index contributed by atoms with van der Waals surface area (Å²) in [5.41, 5.74) is 0.184. The van der Waals surface area contributed by atoms with E-state index >= 15 is 0 Å². The maximum absolute atomic E-state index is 12.5. The molecular formula is C10H14F5NOS. The molecule has 0 aliphatic rings. The van der Waals surface area contributed by atoms with Crippen molar-refractivity contribution in [3.05, 3.63) is 23.8 Å². The van der Waals surface area contributed by atoms with Gasteiger partial charge in [0.25, 0.3) is 0 Å². The van der Waals surface area contributed by atoms with Crippen LogP contribution in [0.4, 0.5) is 25.1 Å². The summed E-state index contributed by atoms with van der Waals surface area (Å²) in [6.45, 7) is 2.92. The predicted octanol–water partition coefficient (Wildman–Crippen LogP) is 4.79. The average Bonchev–Trinajstić information content (AvgIpc) is 2.17. The number of nitrogens with one attached hydrogen (secondary N) is 1. The topological polar surface area (TPSA) is 32.3 Å². The van der Waals surface area contributed by atoms with Gasteiger partial charge >= 0.3 is 10.2 Å². The van der Waals surface area contributed by atoms with E-state index in [1.807, 2.05) is 0 Å². The highest BCUT2D eigenvalue weighted by atomic mass is 32.5. The summed E-state index contributed by atoms with van der Waals surface area (Å²) in [7, 11) is -9.63. The average molecular weight is 291 g/mol. The van der Waals surface area contributed by atoms with Crippen molar-refractivity contribution in [1.82, 2.24) is 0 Å². The number of hydrogen-bond acceptors (Lipinski definition) is 2. The van der Waals surface area contributed by atoms with E-state index in [0.29, 0.717) is 18.6 Å². The Kier molecular flexibility index (Phi) is 3.12. The van der Waals surface area contributed by atoms with E-state index in [0.717, 1.165) is 6.07 Å². The lowest BCUT2D eigenvalue weighted by Crippen LogP contribution is -2.18. The monoisotopic (exact) mass is 291 g/mol. The summed E-state index contributed by atoms with van der Waals surface area (Å²) in [5.74, 6) is 0. The zero-order chi connectivity index (χ0) is 14.3. The summed E-state index contributed by atoms with van der Waals surface area (Å²) >= 11 is 0. The van der Waals surface area contributed by atoms with Crippen LogP contribution in [0.15, 0.2) is 23.1 Å². The van der Waals surface area contributed by atoms with Gasteiger partial charge < -0.3 is 10.4 Å². The van der Waals surface area contributed by atoms with E-state index in [1.54, 1.807) is 6.92 Å². The molecule has 0 aromatic heterocycles. The minimum atomic E-state index is -9.63. The van der Waals surface area contributed by atoms with Crippen LogP contribution in [0.25, 0.3) is 0 Å². The van der Waals surface area contributed by atoms with Crippen LogP contribution in [-0.4, -0.2) is 11.3 Å². The maximum Gasteiger partial charge on any atom is 0.310 e. The van der Waals surface area contributed by atoms with Gasteiger partial charge in [0.15, 0.2) is 0 Å².